The fourth-order valence-corrected chi connectivity index (χ4v) is 2.74. The van der Waals surface area contributed by atoms with Gasteiger partial charge in [0.05, 0.1) is 11.0 Å². The van der Waals surface area contributed by atoms with Crippen LogP contribution in [-0.2, 0) is 4.74 Å². The Kier molecular flexibility index (Phi) is 8.38. The topological polar surface area (TPSA) is 102 Å². The molecule has 0 aliphatic carbocycles. The molecule has 0 bridgehead atoms. The zero-order valence-electron chi connectivity index (χ0n) is 16.0. The number of benzene rings is 2. The summed E-state index contributed by atoms with van der Waals surface area (Å²) in [6.07, 6.45) is 4.09. The monoisotopic (exact) mass is 389 g/mol. The fraction of sp³-hybridized carbons (Fsp3) is 0.429. The van der Waals surface area contributed by atoms with Crippen molar-refractivity contribution in [3.63, 3.8) is 0 Å². The number of rotatable bonds is 12. The predicted molar refractivity (Wildman–Crippen MR) is 106 cm³/mol. The van der Waals surface area contributed by atoms with Crippen molar-refractivity contribution < 1.29 is 24.6 Å². The minimum absolute atomic E-state index is 0.103. The van der Waals surface area contributed by atoms with Crippen LogP contribution in [0.5, 0.6) is 5.75 Å². The van der Waals surface area contributed by atoms with E-state index in [1.165, 1.54) is 12.1 Å². The second-order valence-corrected chi connectivity index (χ2v) is 6.62. The van der Waals surface area contributed by atoms with Crippen molar-refractivity contribution in [2.75, 3.05) is 19.8 Å². The number of aliphatic hydroxyl groups is 2. The smallest absolute Gasteiger partial charge is 0.273 e. The minimum Gasteiger partial charge on any atom is -0.457 e. The van der Waals surface area contributed by atoms with E-state index in [9.17, 15) is 20.3 Å². The van der Waals surface area contributed by atoms with Crippen molar-refractivity contribution >= 4 is 5.69 Å². The van der Waals surface area contributed by atoms with Gasteiger partial charge >= 0.3 is 0 Å². The van der Waals surface area contributed by atoms with Crippen molar-refractivity contribution in [1.29, 1.82) is 0 Å². The number of nitro benzene ring substituents is 1. The number of unbranched alkanes of at least 4 members (excludes halogenated alkanes) is 3. The summed E-state index contributed by atoms with van der Waals surface area (Å²) >= 11 is 0. The minimum atomic E-state index is -2.00. The Balaban J connectivity index is 2.18. The van der Waals surface area contributed by atoms with E-state index < -0.39 is 17.3 Å². The van der Waals surface area contributed by atoms with Gasteiger partial charge in [0, 0.05) is 18.2 Å². The number of nitro groups is 1. The zero-order chi connectivity index (χ0) is 20.4. The molecule has 1 unspecified atom stereocenters. The van der Waals surface area contributed by atoms with Gasteiger partial charge in [-0.3, -0.25) is 10.1 Å². The van der Waals surface area contributed by atoms with Crippen LogP contribution in [0.3, 0.4) is 0 Å². The first-order valence-corrected chi connectivity index (χ1v) is 9.43. The van der Waals surface area contributed by atoms with Gasteiger partial charge in [-0.05, 0) is 18.1 Å². The Morgan fingerprint density at radius 2 is 1.86 bits per heavy atom. The van der Waals surface area contributed by atoms with Gasteiger partial charge in [0.15, 0.2) is 0 Å². The van der Waals surface area contributed by atoms with Gasteiger partial charge in [-0.1, -0.05) is 56.5 Å². The number of ether oxygens (including phenoxy) is 2. The van der Waals surface area contributed by atoms with E-state index in [4.69, 9.17) is 9.47 Å². The summed E-state index contributed by atoms with van der Waals surface area (Å²) < 4.78 is 11.1. The predicted octanol–water partition coefficient (Wildman–Crippen LogP) is 3.92. The molecule has 28 heavy (non-hydrogen) atoms. The number of hydrogen-bond acceptors (Lipinski definition) is 6. The van der Waals surface area contributed by atoms with Crippen LogP contribution < -0.4 is 4.74 Å². The first-order valence-electron chi connectivity index (χ1n) is 9.43. The van der Waals surface area contributed by atoms with Crippen LogP contribution in [0, 0.1) is 10.1 Å². The highest BCUT2D eigenvalue weighted by molar-refractivity contribution is 5.72. The molecule has 2 rings (SSSR count). The van der Waals surface area contributed by atoms with Crippen LogP contribution in [-0.4, -0.2) is 40.7 Å². The second-order valence-electron chi connectivity index (χ2n) is 6.62. The normalized spacial score (nSPS) is 13.1. The molecule has 2 N–H and O–H groups in total. The van der Waals surface area contributed by atoms with Gasteiger partial charge < -0.3 is 19.7 Å². The lowest BCUT2D eigenvalue weighted by atomic mass is 10.0. The summed E-state index contributed by atoms with van der Waals surface area (Å²) in [5.74, 6) is -1.89. The molecule has 0 heterocycles. The third-order valence-corrected chi connectivity index (χ3v) is 4.28. The zero-order valence-corrected chi connectivity index (χ0v) is 16.0. The van der Waals surface area contributed by atoms with Crippen LogP contribution in [0.1, 0.15) is 32.6 Å². The van der Waals surface area contributed by atoms with Crippen LogP contribution in [0.25, 0.3) is 11.1 Å². The molecule has 152 valence electrons. The van der Waals surface area contributed by atoms with E-state index in [-0.39, 0.29) is 18.0 Å². The maximum atomic E-state index is 11.1. The van der Waals surface area contributed by atoms with Crippen LogP contribution in [0.4, 0.5) is 5.69 Å². The molecule has 0 saturated carbocycles. The average Bonchev–Trinajstić information content (AvgIpc) is 2.71. The van der Waals surface area contributed by atoms with E-state index >= 15 is 0 Å². The highest BCUT2D eigenvalue weighted by Gasteiger charge is 2.31. The van der Waals surface area contributed by atoms with Crippen molar-refractivity contribution in [3.05, 3.63) is 58.6 Å². The van der Waals surface area contributed by atoms with Gasteiger partial charge in [0.2, 0.25) is 0 Å². The molecule has 0 aromatic heterocycles. The third-order valence-electron chi connectivity index (χ3n) is 4.28. The van der Waals surface area contributed by atoms with E-state index in [0.717, 1.165) is 31.2 Å². The van der Waals surface area contributed by atoms with Crippen LogP contribution in [0.15, 0.2) is 48.5 Å². The van der Waals surface area contributed by atoms with Gasteiger partial charge in [0.25, 0.3) is 11.5 Å². The molecule has 0 aliphatic heterocycles. The van der Waals surface area contributed by atoms with Crippen molar-refractivity contribution in [2.45, 2.75) is 38.4 Å². The van der Waals surface area contributed by atoms with Crippen LogP contribution in [0.2, 0.25) is 0 Å². The highest BCUT2D eigenvalue weighted by Crippen LogP contribution is 2.35. The lowest BCUT2D eigenvalue weighted by Gasteiger charge is -2.28. The molecule has 2 aromatic rings. The van der Waals surface area contributed by atoms with E-state index in [2.05, 4.69) is 6.92 Å². The number of aliphatic hydroxyl groups excluding tert-OH is 1. The molecule has 0 radical (unpaired) electrons. The Bertz CT molecular complexity index is 752. The van der Waals surface area contributed by atoms with Crippen molar-refractivity contribution in [2.24, 2.45) is 0 Å². The third kappa shape index (κ3) is 6.30. The van der Waals surface area contributed by atoms with Crippen molar-refractivity contribution in [1.82, 2.24) is 0 Å². The van der Waals surface area contributed by atoms with Gasteiger partial charge in [0.1, 0.15) is 19.0 Å². The molecule has 0 spiro atoms. The second kappa shape index (κ2) is 10.8. The standard InChI is InChI=1S/C21H27NO6/c1-2-3-4-8-13-27-16-21(24,15-23)28-20-14-18(22(25)26)11-12-19(20)17-9-6-5-7-10-17/h5-7,9-12,14,23-24H,2-4,8,13,15-16H2,1H3. The SMILES string of the molecule is CCCCCCOCC(O)(CO)Oc1cc([N+](=O)[O-])ccc1-c1ccccc1. The van der Waals surface area contributed by atoms with Crippen molar-refractivity contribution in [3.8, 4) is 16.9 Å². The molecule has 0 amide bonds. The summed E-state index contributed by atoms with van der Waals surface area (Å²) in [5, 5.41) is 31.4. The Hall–Kier alpha value is -2.48. The lowest BCUT2D eigenvalue weighted by Crippen LogP contribution is -2.45. The van der Waals surface area contributed by atoms with E-state index in [1.54, 1.807) is 6.07 Å². The van der Waals surface area contributed by atoms with Crippen LogP contribution >= 0.6 is 0 Å². The largest absolute Gasteiger partial charge is 0.457 e. The molecule has 2 aromatic carbocycles. The molecular weight excluding hydrogens is 362 g/mol. The Morgan fingerprint density at radius 1 is 1.11 bits per heavy atom. The van der Waals surface area contributed by atoms with E-state index in [1.807, 2.05) is 30.3 Å². The lowest BCUT2D eigenvalue weighted by molar-refractivity contribution is -0.385. The Morgan fingerprint density at radius 3 is 2.50 bits per heavy atom. The number of non-ortho nitro benzene ring substituents is 1. The molecule has 7 nitrogen and oxygen atoms in total. The molecular formula is C21H27NO6. The van der Waals surface area contributed by atoms with E-state index in [0.29, 0.717) is 12.2 Å². The first-order chi connectivity index (χ1) is 13.5. The number of hydrogen-bond donors (Lipinski definition) is 2. The molecule has 0 saturated heterocycles. The molecule has 0 fully saturated rings. The first kappa shape index (κ1) is 21.8. The summed E-state index contributed by atoms with van der Waals surface area (Å²) in [6.45, 7) is 1.60. The summed E-state index contributed by atoms with van der Waals surface area (Å²) in [4.78, 5) is 10.6. The summed E-state index contributed by atoms with van der Waals surface area (Å²) in [6, 6.07) is 13.3. The highest BCUT2D eigenvalue weighted by atomic mass is 16.7. The molecule has 7 heteroatoms. The molecule has 0 aliphatic rings. The average molecular weight is 389 g/mol. The number of nitrogens with zero attached hydrogens (tertiary/aromatic N) is 1. The summed E-state index contributed by atoms with van der Waals surface area (Å²) in [5.41, 5.74) is 1.17. The van der Waals surface area contributed by atoms with Gasteiger partial charge in [-0.25, -0.2) is 0 Å². The van der Waals surface area contributed by atoms with Gasteiger partial charge in [-0.2, -0.15) is 0 Å². The fourth-order valence-electron chi connectivity index (χ4n) is 2.74. The van der Waals surface area contributed by atoms with Gasteiger partial charge in [-0.15, -0.1) is 0 Å². The quantitative estimate of drug-likeness (QED) is 0.247. The molecule has 1 atom stereocenters. The summed E-state index contributed by atoms with van der Waals surface area (Å²) in [7, 11) is 0. The Labute approximate surface area is 164 Å². The maximum absolute atomic E-state index is 11.1. The maximum Gasteiger partial charge on any atom is 0.273 e.